The van der Waals surface area contributed by atoms with E-state index < -0.39 is 23.5 Å². The van der Waals surface area contributed by atoms with Crippen molar-refractivity contribution in [3.05, 3.63) is 34.6 Å². The van der Waals surface area contributed by atoms with Crippen LogP contribution in [0.25, 0.3) is 0 Å². The van der Waals surface area contributed by atoms with E-state index in [0.717, 1.165) is 0 Å². The SMILES string of the molecule is COC(=O)C(C(=O)Cc1c(F)cccc1Cl)C(C)C. The van der Waals surface area contributed by atoms with Crippen LogP contribution in [0.15, 0.2) is 18.2 Å². The number of carbonyl (C=O) groups excluding carboxylic acids is 2. The topological polar surface area (TPSA) is 43.4 Å². The van der Waals surface area contributed by atoms with E-state index in [1.165, 1.54) is 25.3 Å². The quantitative estimate of drug-likeness (QED) is 0.617. The van der Waals surface area contributed by atoms with Crippen molar-refractivity contribution < 1.29 is 18.7 Å². The molecule has 0 heterocycles. The van der Waals surface area contributed by atoms with Crippen LogP contribution in [0.5, 0.6) is 0 Å². The number of ether oxygens (including phenoxy) is 1. The van der Waals surface area contributed by atoms with Gasteiger partial charge in [0.2, 0.25) is 0 Å². The fourth-order valence-electron chi connectivity index (χ4n) is 1.89. The van der Waals surface area contributed by atoms with Crippen LogP contribution < -0.4 is 0 Å². The minimum absolute atomic E-state index is 0.115. The first-order valence-corrected chi connectivity index (χ1v) is 6.29. The van der Waals surface area contributed by atoms with Crippen molar-refractivity contribution in [3.63, 3.8) is 0 Å². The van der Waals surface area contributed by atoms with E-state index in [-0.39, 0.29) is 22.9 Å². The van der Waals surface area contributed by atoms with Gasteiger partial charge in [0.1, 0.15) is 11.7 Å². The minimum Gasteiger partial charge on any atom is -0.468 e. The number of hydrogen-bond donors (Lipinski definition) is 0. The number of carbonyl (C=O) groups is 2. The van der Waals surface area contributed by atoms with Crippen molar-refractivity contribution in [1.29, 1.82) is 0 Å². The van der Waals surface area contributed by atoms with E-state index in [0.29, 0.717) is 0 Å². The van der Waals surface area contributed by atoms with E-state index in [1.54, 1.807) is 13.8 Å². The zero-order valence-corrected chi connectivity index (χ0v) is 11.8. The summed E-state index contributed by atoms with van der Waals surface area (Å²) in [4.78, 5) is 23.7. The van der Waals surface area contributed by atoms with Crippen LogP contribution in [0.3, 0.4) is 0 Å². The molecule has 1 aromatic rings. The van der Waals surface area contributed by atoms with Crippen molar-refractivity contribution in [1.82, 2.24) is 0 Å². The molecule has 1 atom stereocenters. The Morgan fingerprint density at radius 1 is 1.37 bits per heavy atom. The van der Waals surface area contributed by atoms with E-state index >= 15 is 0 Å². The first kappa shape index (κ1) is 15.6. The van der Waals surface area contributed by atoms with E-state index in [2.05, 4.69) is 4.74 Å². The average Bonchev–Trinajstić information content (AvgIpc) is 2.33. The third kappa shape index (κ3) is 3.77. The molecule has 1 unspecified atom stereocenters. The van der Waals surface area contributed by atoms with Crippen LogP contribution >= 0.6 is 11.6 Å². The Labute approximate surface area is 116 Å². The second-order valence-electron chi connectivity index (χ2n) is 4.59. The van der Waals surface area contributed by atoms with Crippen LogP contribution in [0.4, 0.5) is 4.39 Å². The highest BCUT2D eigenvalue weighted by atomic mass is 35.5. The molecule has 1 aromatic carbocycles. The molecule has 0 saturated heterocycles. The molecule has 0 fully saturated rings. The summed E-state index contributed by atoms with van der Waals surface area (Å²) in [6, 6.07) is 4.21. The van der Waals surface area contributed by atoms with Crippen molar-refractivity contribution in [2.45, 2.75) is 20.3 Å². The summed E-state index contributed by atoms with van der Waals surface area (Å²) in [5.41, 5.74) is 0.115. The highest BCUT2D eigenvalue weighted by molar-refractivity contribution is 6.31. The molecule has 19 heavy (non-hydrogen) atoms. The fraction of sp³-hybridized carbons (Fsp3) is 0.429. The Balaban J connectivity index is 2.97. The van der Waals surface area contributed by atoms with E-state index in [1.807, 2.05) is 0 Å². The summed E-state index contributed by atoms with van der Waals surface area (Å²) in [5, 5.41) is 0.181. The Bertz CT molecular complexity index is 465. The van der Waals surface area contributed by atoms with Crippen molar-refractivity contribution >= 4 is 23.4 Å². The number of Topliss-reactive ketones (excluding diaryl/α,β-unsaturated/α-hetero) is 1. The molecule has 104 valence electrons. The maximum absolute atomic E-state index is 13.6. The van der Waals surface area contributed by atoms with Crippen molar-refractivity contribution in [3.8, 4) is 0 Å². The molecule has 0 aliphatic carbocycles. The number of ketones is 1. The van der Waals surface area contributed by atoms with Gasteiger partial charge in [-0.1, -0.05) is 31.5 Å². The fourth-order valence-corrected chi connectivity index (χ4v) is 2.12. The molecule has 0 aromatic heterocycles. The largest absolute Gasteiger partial charge is 0.468 e. The monoisotopic (exact) mass is 286 g/mol. The third-order valence-corrected chi connectivity index (χ3v) is 3.24. The Morgan fingerprint density at radius 3 is 2.47 bits per heavy atom. The van der Waals surface area contributed by atoms with Gasteiger partial charge in [0.25, 0.3) is 0 Å². The standard InChI is InChI=1S/C14H16ClFO3/c1-8(2)13(14(18)19-3)12(17)7-9-10(15)5-4-6-11(9)16/h4-6,8,13H,7H2,1-3H3. The van der Waals surface area contributed by atoms with Gasteiger partial charge in [-0.3, -0.25) is 9.59 Å². The second kappa shape index (κ2) is 6.66. The van der Waals surface area contributed by atoms with Crippen LogP contribution in [-0.2, 0) is 20.7 Å². The highest BCUT2D eigenvalue weighted by Gasteiger charge is 2.31. The Morgan fingerprint density at radius 2 is 2.00 bits per heavy atom. The number of benzene rings is 1. The molecule has 0 aliphatic rings. The van der Waals surface area contributed by atoms with E-state index in [4.69, 9.17) is 11.6 Å². The van der Waals surface area contributed by atoms with Gasteiger partial charge in [-0.25, -0.2) is 4.39 Å². The first-order chi connectivity index (χ1) is 8.88. The van der Waals surface area contributed by atoms with Gasteiger partial charge in [0, 0.05) is 17.0 Å². The summed E-state index contributed by atoms with van der Waals surface area (Å²) in [6.07, 6.45) is -0.219. The molecular formula is C14H16ClFO3. The maximum atomic E-state index is 13.6. The predicted octanol–water partition coefficient (Wildman–Crippen LogP) is 3.04. The smallest absolute Gasteiger partial charge is 0.316 e. The lowest BCUT2D eigenvalue weighted by Crippen LogP contribution is -2.31. The molecular weight excluding hydrogens is 271 g/mol. The summed E-state index contributed by atoms with van der Waals surface area (Å²) >= 11 is 5.86. The van der Waals surface area contributed by atoms with Gasteiger partial charge in [-0.15, -0.1) is 0 Å². The number of esters is 1. The normalized spacial score (nSPS) is 12.3. The highest BCUT2D eigenvalue weighted by Crippen LogP contribution is 2.23. The van der Waals surface area contributed by atoms with Gasteiger partial charge in [-0.2, -0.15) is 0 Å². The molecule has 0 N–H and O–H groups in total. The number of rotatable bonds is 5. The summed E-state index contributed by atoms with van der Waals surface area (Å²) < 4.78 is 18.2. The molecule has 0 aliphatic heterocycles. The molecule has 0 radical (unpaired) electrons. The molecule has 5 heteroatoms. The van der Waals surface area contributed by atoms with Gasteiger partial charge >= 0.3 is 5.97 Å². The zero-order chi connectivity index (χ0) is 14.6. The van der Waals surface area contributed by atoms with Gasteiger partial charge in [-0.05, 0) is 18.1 Å². The molecule has 0 saturated carbocycles. The number of hydrogen-bond acceptors (Lipinski definition) is 3. The lowest BCUT2D eigenvalue weighted by atomic mass is 9.88. The summed E-state index contributed by atoms with van der Waals surface area (Å²) in [7, 11) is 1.22. The molecule has 3 nitrogen and oxygen atoms in total. The molecule has 0 amide bonds. The van der Waals surface area contributed by atoms with E-state index in [9.17, 15) is 14.0 Å². The first-order valence-electron chi connectivity index (χ1n) is 5.92. The molecule has 0 bridgehead atoms. The Hall–Kier alpha value is -1.42. The second-order valence-corrected chi connectivity index (χ2v) is 5.00. The minimum atomic E-state index is -0.902. The van der Waals surface area contributed by atoms with Crippen molar-refractivity contribution in [2.24, 2.45) is 11.8 Å². The summed E-state index contributed by atoms with van der Waals surface area (Å²) in [6.45, 7) is 3.48. The summed E-state index contributed by atoms with van der Waals surface area (Å²) in [5.74, 6) is -2.67. The van der Waals surface area contributed by atoms with Gasteiger partial charge in [0.15, 0.2) is 5.78 Å². The maximum Gasteiger partial charge on any atom is 0.316 e. The predicted molar refractivity (Wildman–Crippen MR) is 70.5 cm³/mol. The molecule has 0 spiro atoms. The zero-order valence-electron chi connectivity index (χ0n) is 11.1. The van der Waals surface area contributed by atoms with Gasteiger partial charge < -0.3 is 4.74 Å². The lowest BCUT2D eigenvalue weighted by Gasteiger charge is -2.17. The number of methoxy groups -OCH3 is 1. The van der Waals surface area contributed by atoms with Crippen LogP contribution in [0.1, 0.15) is 19.4 Å². The average molecular weight is 287 g/mol. The third-order valence-electron chi connectivity index (χ3n) is 2.88. The lowest BCUT2D eigenvalue weighted by molar-refractivity contribution is -0.151. The van der Waals surface area contributed by atoms with Crippen LogP contribution in [0.2, 0.25) is 5.02 Å². The Kier molecular flexibility index (Phi) is 5.48. The van der Waals surface area contributed by atoms with Gasteiger partial charge in [0.05, 0.1) is 7.11 Å². The number of halogens is 2. The van der Waals surface area contributed by atoms with Crippen LogP contribution in [-0.4, -0.2) is 18.9 Å². The van der Waals surface area contributed by atoms with Crippen molar-refractivity contribution in [2.75, 3.05) is 7.11 Å². The van der Waals surface area contributed by atoms with Crippen LogP contribution in [0, 0.1) is 17.7 Å². The molecule has 1 rings (SSSR count).